The zero-order valence-corrected chi connectivity index (χ0v) is 18.4. The number of hydrogen-bond donors (Lipinski definition) is 1. The van der Waals surface area contributed by atoms with Crippen molar-refractivity contribution in [1.82, 2.24) is 14.8 Å². The van der Waals surface area contributed by atoms with Crippen LogP contribution >= 0.6 is 11.3 Å². The van der Waals surface area contributed by atoms with Crippen LogP contribution < -0.4 is 10.3 Å². The van der Waals surface area contributed by atoms with Crippen molar-refractivity contribution in [2.45, 2.75) is 6.54 Å². The van der Waals surface area contributed by atoms with Crippen LogP contribution in [-0.2, 0) is 6.54 Å². The standard InChI is InChI=1S/C25H22N4O2S/c1-4-21-22(5-2)32-25(27-21)29-24(30)20(23(28-29)18-9-7-6-8-10-18)16-26-15-17-11-13-19(31-3)14-12-17/h4-14,16,28H,1-2,15H2,3H3. The summed E-state index contributed by atoms with van der Waals surface area (Å²) in [4.78, 5) is 23.2. The molecular weight excluding hydrogens is 420 g/mol. The number of rotatable bonds is 8. The minimum Gasteiger partial charge on any atom is -0.497 e. The molecule has 0 amide bonds. The van der Waals surface area contributed by atoms with Crippen molar-refractivity contribution in [3.63, 3.8) is 0 Å². The Labute approximate surface area is 189 Å². The maximum Gasteiger partial charge on any atom is 0.282 e. The largest absolute Gasteiger partial charge is 0.497 e. The van der Waals surface area contributed by atoms with E-state index in [1.807, 2.05) is 54.6 Å². The summed E-state index contributed by atoms with van der Waals surface area (Å²) in [5.74, 6) is 0.791. The predicted octanol–water partition coefficient (Wildman–Crippen LogP) is 5.20. The third kappa shape index (κ3) is 4.24. The minimum absolute atomic E-state index is 0.220. The van der Waals surface area contributed by atoms with Crippen LogP contribution in [0.2, 0.25) is 0 Å². The topological polar surface area (TPSA) is 72.3 Å². The monoisotopic (exact) mass is 442 g/mol. The Bertz CT molecular complexity index is 1300. The average molecular weight is 443 g/mol. The summed E-state index contributed by atoms with van der Waals surface area (Å²) in [6.07, 6.45) is 4.99. The molecule has 0 spiro atoms. The highest BCUT2D eigenvalue weighted by atomic mass is 32.1. The number of nitrogens with zero attached hydrogens (tertiary/aromatic N) is 3. The van der Waals surface area contributed by atoms with E-state index in [1.165, 1.54) is 16.0 Å². The third-order valence-electron chi connectivity index (χ3n) is 4.88. The number of methoxy groups -OCH3 is 1. The van der Waals surface area contributed by atoms with Gasteiger partial charge in [0.15, 0.2) is 0 Å². The lowest BCUT2D eigenvalue weighted by Crippen LogP contribution is -2.17. The van der Waals surface area contributed by atoms with Gasteiger partial charge in [-0.25, -0.2) is 4.98 Å². The van der Waals surface area contributed by atoms with E-state index in [2.05, 4.69) is 28.2 Å². The van der Waals surface area contributed by atoms with Gasteiger partial charge in [-0.2, -0.15) is 4.68 Å². The van der Waals surface area contributed by atoms with E-state index in [1.54, 1.807) is 25.5 Å². The van der Waals surface area contributed by atoms with Crippen molar-refractivity contribution in [2.24, 2.45) is 4.99 Å². The molecule has 6 nitrogen and oxygen atoms in total. The maximum atomic E-state index is 13.3. The minimum atomic E-state index is -0.220. The Balaban J connectivity index is 1.74. The van der Waals surface area contributed by atoms with Crippen molar-refractivity contribution in [2.75, 3.05) is 7.11 Å². The molecule has 0 bridgehead atoms. The summed E-state index contributed by atoms with van der Waals surface area (Å²) in [7, 11) is 1.63. The van der Waals surface area contributed by atoms with Crippen LogP contribution in [-0.4, -0.2) is 28.1 Å². The summed E-state index contributed by atoms with van der Waals surface area (Å²) in [5.41, 5.74) is 3.54. The Morgan fingerprint density at radius 3 is 2.50 bits per heavy atom. The lowest BCUT2D eigenvalue weighted by Gasteiger charge is -2.01. The zero-order chi connectivity index (χ0) is 22.5. The normalized spacial score (nSPS) is 11.0. The molecule has 0 fully saturated rings. The molecule has 4 rings (SSSR count). The van der Waals surface area contributed by atoms with E-state index in [4.69, 9.17) is 4.74 Å². The van der Waals surface area contributed by atoms with Gasteiger partial charge < -0.3 is 4.74 Å². The lowest BCUT2D eigenvalue weighted by atomic mass is 10.1. The van der Waals surface area contributed by atoms with Gasteiger partial charge in [0, 0.05) is 11.8 Å². The molecule has 0 saturated carbocycles. The molecule has 32 heavy (non-hydrogen) atoms. The summed E-state index contributed by atoms with van der Waals surface area (Å²) >= 11 is 1.37. The van der Waals surface area contributed by atoms with Crippen molar-refractivity contribution >= 4 is 29.7 Å². The molecular formula is C25H22N4O2S. The van der Waals surface area contributed by atoms with E-state index in [0.717, 1.165) is 21.8 Å². The Kier molecular flexibility index (Phi) is 6.28. The fourth-order valence-electron chi connectivity index (χ4n) is 3.22. The van der Waals surface area contributed by atoms with Crippen LogP contribution in [0.25, 0.3) is 28.5 Å². The highest BCUT2D eigenvalue weighted by molar-refractivity contribution is 7.15. The van der Waals surface area contributed by atoms with Crippen LogP contribution in [0.4, 0.5) is 0 Å². The highest BCUT2D eigenvalue weighted by Gasteiger charge is 2.18. The van der Waals surface area contributed by atoms with Gasteiger partial charge in [-0.05, 0) is 29.8 Å². The highest BCUT2D eigenvalue weighted by Crippen LogP contribution is 2.25. The van der Waals surface area contributed by atoms with Crippen LogP contribution in [0.3, 0.4) is 0 Å². The maximum absolute atomic E-state index is 13.3. The van der Waals surface area contributed by atoms with Crippen molar-refractivity contribution in [1.29, 1.82) is 0 Å². The molecule has 2 aromatic heterocycles. The number of thiazole rings is 1. The molecule has 7 heteroatoms. The zero-order valence-electron chi connectivity index (χ0n) is 17.6. The number of aromatic nitrogens is 3. The van der Waals surface area contributed by atoms with Gasteiger partial charge in [-0.3, -0.25) is 14.9 Å². The van der Waals surface area contributed by atoms with Crippen molar-refractivity contribution < 1.29 is 4.74 Å². The summed E-state index contributed by atoms with van der Waals surface area (Å²) in [6, 6.07) is 17.4. The molecule has 0 unspecified atom stereocenters. The fourth-order valence-corrected chi connectivity index (χ4v) is 4.10. The smallest absolute Gasteiger partial charge is 0.282 e. The number of aromatic amines is 1. The Morgan fingerprint density at radius 1 is 1.12 bits per heavy atom. The van der Waals surface area contributed by atoms with E-state index >= 15 is 0 Å². The number of aliphatic imine (C=N–C) groups is 1. The van der Waals surface area contributed by atoms with Crippen LogP contribution in [0, 0.1) is 0 Å². The average Bonchev–Trinajstić information content (AvgIpc) is 3.41. The van der Waals surface area contributed by atoms with Crippen molar-refractivity contribution in [3.05, 3.63) is 99.8 Å². The van der Waals surface area contributed by atoms with Gasteiger partial charge in [0.1, 0.15) is 5.75 Å². The molecule has 0 aliphatic carbocycles. The van der Waals surface area contributed by atoms with Gasteiger partial charge in [0.2, 0.25) is 5.13 Å². The number of hydrogen-bond acceptors (Lipinski definition) is 5. The van der Waals surface area contributed by atoms with Gasteiger partial charge in [-0.1, -0.05) is 67.0 Å². The Morgan fingerprint density at radius 2 is 1.88 bits per heavy atom. The number of H-pyrrole nitrogens is 1. The number of nitrogens with one attached hydrogen (secondary N) is 1. The Hall–Kier alpha value is -3.97. The first kappa shape index (κ1) is 21.3. The summed E-state index contributed by atoms with van der Waals surface area (Å²) < 4.78 is 6.64. The van der Waals surface area contributed by atoms with E-state index in [9.17, 15) is 4.79 Å². The van der Waals surface area contributed by atoms with E-state index < -0.39 is 0 Å². The number of ether oxygens (including phenoxy) is 1. The van der Waals surface area contributed by atoms with E-state index in [0.29, 0.717) is 28.6 Å². The second-order valence-electron chi connectivity index (χ2n) is 6.88. The SMILES string of the molecule is C=Cc1nc(-n2[nH]c(-c3ccccc3)c(C=NCc3ccc(OC)cc3)c2=O)sc1C=C. The molecule has 0 saturated heterocycles. The third-order valence-corrected chi connectivity index (χ3v) is 5.93. The second-order valence-corrected chi connectivity index (χ2v) is 7.89. The van der Waals surface area contributed by atoms with Crippen LogP contribution in [0.1, 0.15) is 21.7 Å². The molecule has 0 atom stereocenters. The first-order valence-electron chi connectivity index (χ1n) is 9.94. The summed E-state index contributed by atoms with van der Waals surface area (Å²) in [6.45, 7) is 8.05. The van der Waals surface area contributed by atoms with Crippen LogP contribution in [0.15, 0.2) is 77.5 Å². The molecule has 0 aliphatic rings. The lowest BCUT2D eigenvalue weighted by molar-refractivity contribution is 0.414. The summed E-state index contributed by atoms with van der Waals surface area (Å²) in [5, 5.41) is 3.73. The van der Waals surface area contributed by atoms with Crippen molar-refractivity contribution in [3.8, 4) is 22.1 Å². The molecule has 2 heterocycles. The molecule has 2 aromatic carbocycles. The fraction of sp³-hybridized carbons (Fsp3) is 0.0800. The van der Waals surface area contributed by atoms with E-state index in [-0.39, 0.29) is 5.56 Å². The van der Waals surface area contributed by atoms with Crippen LogP contribution in [0.5, 0.6) is 5.75 Å². The molecule has 4 aromatic rings. The van der Waals surface area contributed by atoms with Gasteiger partial charge in [0.25, 0.3) is 5.56 Å². The quantitative estimate of drug-likeness (QED) is 0.381. The van der Waals surface area contributed by atoms with Gasteiger partial charge >= 0.3 is 0 Å². The first-order chi connectivity index (χ1) is 15.6. The molecule has 0 aliphatic heterocycles. The second kappa shape index (κ2) is 9.45. The first-order valence-corrected chi connectivity index (χ1v) is 10.8. The molecule has 0 radical (unpaired) electrons. The predicted molar refractivity (Wildman–Crippen MR) is 132 cm³/mol. The van der Waals surface area contributed by atoms with Gasteiger partial charge in [-0.15, -0.1) is 0 Å². The number of benzene rings is 2. The van der Waals surface area contributed by atoms with Gasteiger partial charge in [0.05, 0.1) is 35.5 Å². The molecule has 1 N–H and O–H groups in total. The molecule has 160 valence electrons.